The van der Waals surface area contributed by atoms with Crippen molar-refractivity contribution in [3.8, 4) is 27.3 Å². The molecule has 0 spiro atoms. The number of hydrogen-bond donors (Lipinski definition) is 1. The van der Waals surface area contributed by atoms with Crippen molar-refractivity contribution < 1.29 is 9.84 Å². The molecule has 124 valence electrons. The van der Waals surface area contributed by atoms with Gasteiger partial charge in [0.2, 0.25) is 0 Å². The summed E-state index contributed by atoms with van der Waals surface area (Å²) in [7, 11) is 1.67. The van der Waals surface area contributed by atoms with E-state index in [1.807, 2.05) is 18.2 Å². The maximum absolute atomic E-state index is 10.1. The molecule has 0 aliphatic rings. The highest BCUT2D eigenvalue weighted by molar-refractivity contribution is 7.16. The topological polar surface area (TPSA) is 29.5 Å². The first-order chi connectivity index (χ1) is 11.7. The van der Waals surface area contributed by atoms with Gasteiger partial charge in [0.05, 0.1) is 13.7 Å². The van der Waals surface area contributed by atoms with Crippen LogP contribution in [-0.2, 0) is 6.61 Å². The van der Waals surface area contributed by atoms with Crippen LogP contribution in [0.1, 0.15) is 30.2 Å². The molecule has 0 atom stereocenters. The van der Waals surface area contributed by atoms with Gasteiger partial charge in [-0.2, -0.15) is 0 Å². The maximum Gasteiger partial charge on any atom is 0.118 e. The van der Waals surface area contributed by atoms with Crippen molar-refractivity contribution in [1.82, 2.24) is 0 Å². The van der Waals surface area contributed by atoms with Crippen molar-refractivity contribution in [1.29, 1.82) is 0 Å². The minimum Gasteiger partial charge on any atom is -0.497 e. The van der Waals surface area contributed by atoms with Crippen molar-refractivity contribution in [2.24, 2.45) is 0 Å². The molecule has 0 aliphatic carbocycles. The van der Waals surface area contributed by atoms with E-state index in [1.165, 1.54) is 15.3 Å². The molecule has 1 N–H and O–H groups in total. The van der Waals surface area contributed by atoms with Gasteiger partial charge in [0, 0.05) is 20.9 Å². The van der Waals surface area contributed by atoms with Crippen molar-refractivity contribution in [3.05, 3.63) is 65.0 Å². The Kier molecular flexibility index (Phi) is 5.03. The Hall–Kier alpha value is -2.10. The minimum absolute atomic E-state index is 0.0538. The van der Waals surface area contributed by atoms with Crippen LogP contribution in [0.5, 0.6) is 5.75 Å². The second-order valence-corrected chi connectivity index (χ2v) is 7.11. The van der Waals surface area contributed by atoms with Crippen LogP contribution in [0.4, 0.5) is 0 Å². The Morgan fingerprint density at radius 1 is 0.958 bits per heavy atom. The predicted octanol–water partition coefficient (Wildman–Crippen LogP) is 5.71. The zero-order valence-electron chi connectivity index (χ0n) is 14.2. The molecule has 0 radical (unpaired) electrons. The first-order valence-electron chi connectivity index (χ1n) is 8.12. The van der Waals surface area contributed by atoms with E-state index in [1.54, 1.807) is 18.4 Å². The van der Waals surface area contributed by atoms with Crippen molar-refractivity contribution in [2.45, 2.75) is 26.4 Å². The van der Waals surface area contributed by atoms with E-state index < -0.39 is 0 Å². The summed E-state index contributed by atoms with van der Waals surface area (Å²) in [5, 5.41) is 10.1. The lowest BCUT2D eigenvalue weighted by Crippen LogP contribution is -1.93. The molecule has 0 unspecified atom stereocenters. The number of benzene rings is 2. The molecule has 3 aromatic rings. The summed E-state index contributed by atoms with van der Waals surface area (Å²) in [4.78, 5) is 2.47. The summed E-state index contributed by atoms with van der Waals surface area (Å²) in [6.45, 7) is 4.41. The van der Waals surface area contributed by atoms with Crippen molar-refractivity contribution in [3.63, 3.8) is 0 Å². The number of aliphatic hydroxyl groups is 1. The molecule has 2 aromatic carbocycles. The third kappa shape index (κ3) is 3.10. The van der Waals surface area contributed by atoms with Gasteiger partial charge in [-0.25, -0.2) is 0 Å². The van der Waals surface area contributed by atoms with Gasteiger partial charge in [0.15, 0.2) is 0 Å². The van der Waals surface area contributed by atoms with Crippen molar-refractivity contribution in [2.75, 3.05) is 7.11 Å². The number of thiophene rings is 1. The molecule has 0 saturated heterocycles. The Morgan fingerprint density at radius 3 is 2.17 bits per heavy atom. The summed E-state index contributed by atoms with van der Waals surface area (Å²) in [6.07, 6.45) is 0. The summed E-state index contributed by atoms with van der Waals surface area (Å²) in [6, 6.07) is 18.5. The third-order valence-corrected chi connectivity index (χ3v) is 5.72. The average molecular weight is 338 g/mol. The van der Waals surface area contributed by atoms with Gasteiger partial charge in [-0.05, 0) is 29.2 Å². The number of hydrogen-bond acceptors (Lipinski definition) is 3. The lowest BCUT2D eigenvalue weighted by atomic mass is 9.95. The van der Waals surface area contributed by atoms with E-state index in [2.05, 4.69) is 50.2 Å². The van der Waals surface area contributed by atoms with Crippen LogP contribution >= 0.6 is 11.3 Å². The Morgan fingerprint density at radius 2 is 1.62 bits per heavy atom. The van der Waals surface area contributed by atoms with Crippen LogP contribution in [0, 0.1) is 0 Å². The smallest absolute Gasteiger partial charge is 0.118 e. The van der Waals surface area contributed by atoms with Gasteiger partial charge >= 0.3 is 0 Å². The lowest BCUT2D eigenvalue weighted by Gasteiger charge is -2.10. The zero-order valence-corrected chi connectivity index (χ0v) is 15.1. The molecule has 3 heteroatoms. The second-order valence-electron chi connectivity index (χ2n) is 6.06. The van der Waals surface area contributed by atoms with Gasteiger partial charge in [-0.15, -0.1) is 11.3 Å². The van der Waals surface area contributed by atoms with Gasteiger partial charge in [-0.1, -0.05) is 56.3 Å². The number of aliphatic hydroxyl groups excluding tert-OH is 1. The van der Waals surface area contributed by atoms with Gasteiger partial charge in [0.25, 0.3) is 0 Å². The fourth-order valence-corrected chi connectivity index (χ4v) is 4.30. The van der Waals surface area contributed by atoms with E-state index in [0.717, 1.165) is 22.4 Å². The molecule has 0 amide bonds. The quantitative estimate of drug-likeness (QED) is 0.646. The van der Waals surface area contributed by atoms with Crippen LogP contribution < -0.4 is 4.74 Å². The van der Waals surface area contributed by atoms with E-state index in [0.29, 0.717) is 5.92 Å². The molecule has 24 heavy (non-hydrogen) atoms. The number of ether oxygens (including phenoxy) is 1. The van der Waals surface area contributed by atoms with Gasteiger partial charge in [0.1, 0.15) is 5.75 Å². The van der Waals surface area contributed by atoms with Crippen LogP contribution in [0.25, 0.3) is 21.6 Å². The van der Waals surface area contributed by atoms with Crippen LogP contribution in [0.2, 0.25) is 0 Å². The molecule has 0 bridgehead atoms. The van der Waals surface area contributed by atoms with E-state index in [4.69, 9.17) is 4.74 Å². The highest BCUT2D eigenvalue weighted by Gasteiger charge is 2.21. The molecule has 0 fully saturated rings. The second kappa shape index (κ2) is 7.20. The molecule has 0 aliphatic heterocycles. The maximum atomic E-state index is 10.1. The summed E-state index contributed by atoms with van der Waals surface area (Å²) in [5.74, 6) is 1.22. The predicted molar refractivity (Wildman–Crippen MR) is 102 cm³/mol. The van der Waals surface area contributed by atoms with E-state index >= 15 is 0 Å². The standard InChI is InChI=1S/C21H22O2S/c1-14(2)20-18(13-22)19(15-9-11-17(23-3)12-10-15)21(24-20)16-7-5-4-6-8-16/h4-12,14,22H,13H2,1-3H3. The SMILES string of the molecule is COc1ccc(-c2c(-c3ccccc3)sc(C(C)C)c2CO)cc1. The average Bonchev–Trinajstić information content (AvgIpc) is 3.02. The first kappa shape index (κ1) is 16.7. The first-order valence-corrected chi connectivity index (χ1v) is 8.93. The number of rotatable bonds is 5. The molecule has 3 rings (SSSR count). The van der Waals surface area contributed by atoms with Gasteiger partial charge in [-0.3, -0.25) is 0 Å². The fourth-order valence-electron chi connectivity index (χ4n) is 2.96. The Labute approximate surface area is 147 Å². The minimum atomic E-state index is 0.0538. The molecule has 1 aromatic heterocycles. The monoisotopic (exact) mass is 338 g/mol. The van der Waals surface area contributed by atoms with Gasteiger partial charge < -0.3 is 9.84 Å². The van der Waals surface area contributed by atoms with Crippen LogP contribution in [-0.4, -0.2) is 12.2 Å². The van der Waals surface area contributed by atoms with Crippen LogP contribution in [0.3, 0.4) is 0 Å². The summed E-state index contributed by atoms with van der Waals surface area (Å²) < 4.78 is 5.27. The van der Waals surface area contributed by atoms with E-state index in [-0.39, 0.29) is 6.61 Å². The molecular weight excluding hydrogens is 316 g/mol. The lowest BCUT2D eigenvalue weighted by molar-refractivity contribution is 0.281. The molecule has 2 nitrogen and oxygen atoms in total. The third-order valence-electron chi connectivity index (χ3n) is 4.14. The molecular formula is C21H22O2S. The highest BCUT2D eigenvalue weighted by atomic mass is 32.1. The highest BCUT2D eigenvalue weighted by Crippen LogP contribution is 2.45. The normalized spacial score (nSPS) is 11.0. The summed E-state index contributed by atoms with van der Waals surface area (Å²) >= 11 is 1.79. The molecule has 1 heterocycles. The zero-order chi connectivity index (χ0) is 17.1. The van der Waals surface area contributed by atoms with Crippen LogP contribution in [0.15, 0.2) is 54.6 Å². The fraction of sp³-hybridized carbons (Fsp3) is 0.238. The largest absolute Gasteiger partial charge is 0.497 e. The Bertz CT molecular complexity index is 802. The number of methoxy groups -OCH3 is 1. The Balaban J connectivity index is 2.24. The van der Waals surface area contributed by atoms with Crippen molar-refractivity contribution >= 4 is 11.3 Å². The van der Waals surface area contributed by atoms with E-state index in [9.17, 15) is 5.11 Å². The summed E-state index contributed by atoms with van der Waals surface area (Å²) in [5.41, 5.74) is 4.48. The molecule has 0 saturated carbocycles.